The van der Waals surface area contributed by atoms with Crippen molar-refractivity contribution in [1.29, 1.82) is 0 Å². The Morgan fingerprint density at radius 2 is 1.96 bits per heavy atom. The molecule has 2 rings (SSSR count). The van der Waals surface area contributed by atoms with Crippen molar-refractivity contribution in [3.63, 3.8) is 0 Å². The van der Waals surface area contributed by atoms with Gasteiger partial charge in [-0.2, -0.15) is 0 Å². The van der Waals surface area contributed by atoms with E-state index >= 15 is 0 Å². The van der Waals surface area contributed by atoms with Crippen LogP contribution in [-0.2, 0) is 24.7 Å². The number of methoxy groups -OCH3 is 1. The summed E-state index contributed by atoms with van der Waals surface area (Å²) in [6, 6.07) is 3.57. The summed E-state index contributed by atoms with van der Waals surface area (Å²) in [6.07, 6.45) is 0.216. The number of anilines is 1. The molecule has 1 aliphatic rings. The quantitative estimate of drug-likeness (QED) is 0.678. The zero-order valence-electron chi connectivity index (χ0n) is 15.1. The van der Waals surface area contributed by atoms with Gasteiger partial charge in [0.1, 0.15) is 10.6 Å². The van der Waals surface area contributed by atoms with Crippen LogP contribution < -0.4 is 10.1 Å². The molecular weight excluding hydrogens is 382 g/mol. The lowest BCUT2D eigenvalue weighted by atomic mass is 10.3. The average molecular weight is 405 g/mol. The van der Waals surface area contributed by atoms with Gasteiger partial charge < -0.3 is 10.1 Å². The number of nitrogens with zero attached hydrogens (tertiary/aromatic N) is 2. The molecule has 1 atom stereocenters. The topological polar surface area (TPSA) is 113 Å². The van der Waals surface area contributed by atoms with E-state index in [0.717, 1.165) is 4.41 Å². The third-order valence-corrected chi connectivity index (χ3v) is 7.67. The summed E-state index contributed by atoms with van der Waals surface area (Å²) in [5, 5.41) is 3.88. The van der Waals surface area contributed by atoms with Crippen LogP contribution in [0.25, 0.3) is 0 Å². The molecule has 0 aliphatic carbocycles. The molecule has 1 aliphatic heterocycles. The van der Waals surface area contributed by atoms with Crippen molar-refractivity contribution in [2.45, 2.75) is 24.3 Å². The maximum Gasteiger partial charge on any atom is 0.260 e. The van der Waals surface area contributed by atoms with Crippen molar-refractivity contribution in [1.82, 2.24) is 9.42 Å². The lowest BCUT2D eigenvalue weighted by Crippen LogP contribution is -2.49. The highest BCUT2D eigenvalue weighted by Gasteiger charge is 2.41. The van der Waals surface area contributed by atoms with Gasteiger partial charge in [0.2, 0.25) is 5.91 Å². The Morgan fingerprint density at radius 1 is 1.31 bits per heavy atom. The smallest absolute Gasteiger partial charge is 0.260 e. The van der Waals surface area contributed by atoms with E-state index in [1.54, 1.807) is 0 Å². The summed E-state index contributed by atoms with van der Waals surface area (Å²) in [7, 11) is -2.99. The lowest BCUT2D eigenvalue weighted by molar-refractivity contribution is -0.114. The summed E-state index contributed by atoms with van der Waals surface area (Å²) in [5.41, 5.74) is 0.301. The van der Waals surface area contributed by atoms with Crippen LogP contribution in [0.1, 0.15) is 13.3 Å². The largest absolute Gasteiger partial charge is 0.495 e. The van der Waals surface area contributed by atoms with E-state index in [1.165, 1.54) is 51.3 Å². The molecule has 1 aromatic rings. The van der Waals surface area contributed by atoms with Crippen LogP contribution in [0.5, 0.6) is 5.75 Å². The first kappa shape index (κ1) is 20.6. The minimum atomic E-state index is -4.12. The Bertz CT molecular complexity index is 896. The fraction of sp³-hybridized carbons (Fsp3) is 0.533. The molecule has 1 amide bonds. The Labute approximate surface area is 153 Å². The second-order valence-corrected chi connectivity index (χ2v) is 10.2. The minimum absolute atomic E-state index is 0.0550. The zero-order chi connectivity index (χ0) is 19.7. The molecule has 9 nitrogen and oxygen atoms in total. The fourth-order valence-electron chi connectivity index (χ4n) is 2.95. The van der Waals surface area contributed by atoms with Crippen molar-refractivity contribution in [2.24, 2.45) is 0 Å². The molecule has 26 heavy (non-hydrogen) atoms. The standard InChI is InChI=1S/C15H23N3O6S2/c1-11(19)16-12-5-6-14(24-4)15(9-12)26(22,23)18(17(2)3)13-7-8-25(20,21)10-13/h5-6,9,13H,7-8,10H2,1-4H3,(H,16,19)/t13-/m1/s1. The highest BCUT2D eigenvalue weighted by atomic mass is 32.2. The van der Waals surface area contributed by atoms with Gasteiger partial charge in [0.25, 0.3) is 10.0 Å². The van der Waals surface area contributed by atoms with Crippen molar-refractivity contribution >= 4 is 31.5 Å². The number of hydrogen-bond acceptors (Lipinski definition) is 7. The minimum Gasteiger partial charge on any atom is -0.495 e. The van der Waals surface area contributed by atoms with Crippen LogP contribution in [0.2, 0.25) is 0 Å². The van der Waals surface area contributed by atoms with E-state index in [0.29, 0.717) is 5.69 Å². The van der Waals surface area contributed by atoms with E-state index in [4.69, 9.17) is 4.74 Å². The second-order valence-electron chi connectivity index (χ2n) is 6.23. The molecule has 0 radical (unpaired) electrons. The normalized spacial score (nSPS) is 19.7. The Balaban J connectivity index is 2.53. The Morgan fingerprint density at radius 3 is 2.42 bits per heavy atom. The van der Waals surface area contributed by atoms with Crippen LogP contribution >= 0.6 is 0 Å². The Kier molecular flexibility index (Phi) is 5.95. The molecule has 1 fully saturated rings. The first-order valence-electron chi connectivity index (χ1n) is 7.85. The summed E-state index contributed by atoms with van der Waals surface area (Å²) >= 11 is 0. The lowest BCUT2D eigenvalue weighted by Gasteiger charge is -2.33. The summed E-state index contributed by atoms with van der Waals surface area (Å²) < 4.78 is 56.4. The monoisotopic (exact) mass is 405 g/mol. The fourth-order valence-corrected chi connectivity index (χ4v) is 6.62. The predicted octanol–water partition coefficient (Wildman–Crippen LogP) is 0.308. The van der Waals surface area contributed by atoms with Crippen LogP contribution in [0.3, 0.4) is 0 Å². The number of amides is 1. The molecule has 0 spiro atoms. The number of hydrogen-bond donors (Lipinski definition) is 1. The molecule has 11 heteroatoms. The number of carbonyl (C=O) groups excluding carboxylic acids is 1. The van der Waals surface area contributed by atoms with Crippen molar-refractivity contribution in [3.05, 3.63) is 18.2 Å². The van der Waals surface area contributed by atoms with E-state index in [-0.39, 0.29) is 34.5 Å². The van der Waals surface area contributed by atoms with Crippen LogP contribution in [0.4, 0.5) is 5.69 Å². The zero-order valence-corrected chi connectivity index (χ0v) is 16.7. The van der Waals surface area contributed by atoms with Gasteiger partial charge in [0, 0.05) is 26.7 Å². The first-order valence-corrected chi connectivity index (χ1v) is 11.1. The van der Waals surface area contributed by atoms with Gasteiger partial charge in [0.05, 0.1) is 24.7 Å². The third-order valence-electron chi connectivity index (χ3n) is 3.92. The van der Waals surface area contributed by atoms with E-state index < -0.39 is 25.9 Å². The number of rotatable bonds is 6. The molecule has 0 bridgehead atoms. The maximum atomic E-state index is 13.3. The highest BCUT2D eigenvalue weighted by Crippen LogP contribution is 2.33. The van der Waals surface area contributed by atoms with Gasteiger partial charge in [-0.25, -0.2) is 21.8 Å². The van der Waals surface area contributed by atoms with E-state index in [2.05, 4.69) is 5.32 Å². The number of carbonyl (C=O) groups is 1. The van der Waals surface area contributed by atoms with E-state index in [9.17, 15) is 21.6 Å². The van der Waals surface area contributed by atoms with Gasteiger partial charge in [-0.3, -0.25) is 4.79 Å². The van der Waals surface area contributed by atoms with Crippen molar-refractivity contribution in [3.8, 4) is 5.75 Å². The molecule has 0 unspecified atom stereocenters. The third kappa shape index (κ3) is 4.34. The van der Waals surface area contributed by atoms with E-state index in [1.807, 2.05) is 0 Å². The SMILES string of the molecule is COc1ccc(NC(C)=O)cc1S(=O)(=O)N([C@@H]1CCS(=O)(=O)C1)N(C)C. The summed E-state index contributed by atoms with van der Waals surface area (Å²) in [5.74, 6) is -0.532. The average Bonchev–Trinajstić information content (AvgIpc) is 2.85. The number of nitrogens with one attached hydrogen (secondary N) is 1. The van der Waals surface area contributed by atoms with Gasteiger partial charge in [0.15, 0.2) is 9.84 Å². The van der Waals surface area contributed by atoms with Gasteiger partial charge in [-0.05, 0) is 24.6 Å². The molecule has 0 saturated carbocycles. The highest BCUT2D eigenvalue weighted by molar-refractivity contribution is 7.92. The number of ether oxygens (including phenoxy) is 1. The van der Waals surface area contributed by atoms with Crippen molar-refractivity contribution in [2.75, 3.05) is 38.0 Å². The van der Waals surface area contributed by atoms with Gasteiger partial charge >= 0.3 is 0 Å². The number of benzene rings is 1. The molecule has 1 N–H and O–H groups in total. The summed E-state index contributed by atoms with van der Waals surface area (Å²) in [6.45, 7) is 1.31. The molecule has 1 heterocycles. The number of sulfone groups is 1. The predicted molar refractivity (Wildman–Crippen MR) is 97.1 cm³/mol. The van der Waals surface area contributed by atoms with Crippen LogP contribution in [0, 0.1) is 0 Å². The number of sulfonamides is 1. The maximum absolute atomic E-state index is 13.3. The molecular formula is C15H23N3O6S2. The molecule has 146 valence electrons. The van der Waals surface area contributed by atoms with Crippen LogP contribution in [0.15, 0.2) is 23.1 Å². The summed E-state index contributed by atoms with van der Waals surface area (Å²) in [4.78, 5) is 11.1. The molecule has 1 saturated heterocycles. The van der Waals surface area contributed by atoms with Gasteiger partial charge in [-0.15, -0.1) is 4.41 Å². The molecule has 1 aromatic carbocycles. The van der Waals surface area contributed by atoms with Crippen LogP contribution in [-0.4, -0.2) is 70.9 Å². The molecule has 0 aromatic heterocycles. The number of hydrazine groups is 1. The first-order chi connectivity index (χ1) is 12.0. The van der Waals surface area contributed by atoms with Gasteiger partial charge in [-0.1, -0.05) is 0 Å². The second kappa shape index (κ2) is 7.51. The van der Waals surface area contributed by atoms with Crippen molar-refractivity contribution < 1.29 is 26.4 Å². The Hall–Kier alpha value is -1.69.